The molecule has 0 bridgehead atoms. The minimum Gasteiger partial charge on any atom is -0.348 e. The second-order valence-electron chi connectivity index (χ2n) is 3.92. The number of allylic oxidation sites excluding steroid dienone is 3. The van der Waals surface area contributed by atoms with Crippen LogP contribution in [0, 0.1) is 6.92 Å². The van der Waals surface area contributed by atoms with Gasteiger partial charge in [-0.25, -0.2) is 0 Å². The first kappa shape index (κ1) is 11.1. The molecule has 0 atom stereocenters. The average Bonchev–Trinajstić information content (AvgIpc) is 2.74. The highest BCUT2D eigenvalue weighted by Gasteiger charge is 2.07. The third-order valence-corrected chi connectivity index (χ3v) is 3.43. The van der Waals surface area contributed by atoms with Crippen LogP contribution in [0.3, 0.4) is 0 Å². The number of thiophene rings is 1. The van der Waals surface area contributed by atoms with Gasteiger partial charge in [-0.3, -0.25) is 4.79 Å². The van der Waals surface area contributed by atoms with E-state index in [1.165, 1.54) is 10.5 Å². The van der Waals surface area contributed by atoms with E-state index < -0.39 is 0 Å². The predicted molar refractivity (Wildman–Crippen MR) is 67.8 cm³/mol. The number of carbonyl (C=O) groups is 1. The van der Waals surface area contributed by atoms with Crippen molar-refractivity contribution in [3.05, 3.63) is 45.7 Å². The van der Waals surface area contributed by atoms with E-state index in [1.807, 2.05) is 18.4 Å². The second kappa shape index (κ2) is 5.12. The Morgan fingerprint density at radius 3 is 3.06 bits per heavy atom. The number of hydrogen-bond acceptors (Lipinski definition) is 2. The summed E-state index contributed by atoms with van der Waals surface area (Å²) in [5.74, 6) is 0.0276. The molecule has 0 aromatic carbocycles. The lowest BCUT2D eigenvalue weighted by molar-refractivity contribution is 0.0957. The van der Waals surface area contributed by atoms with Crippen LogP contribution in [0.5, 0.6) is 0 Å². The summed E-state index contributed by atoms with van der Waals surface area (Å²) in [6.45, 7) is 2.67. The molecule has 0 fully saturated rings. The van der Waals surface area contributed by atoms with Crippen molar-refractivity contribution in [2.24, 2.45) is 0 Å². The molecular formula is C13H15NOS. The molecule has 0 unspecified atom stereocenters. The first-order valence-electron chi connectivity index (χ1n) is 5.43. The lowest BCUT2D eigenvalue weighted by Crippen LogP contribution is -2.25. The zero-order valence-electron chi connectivity index (χ0n) is 9.32. The van der Waals surface area contributed by atoms with Gasteiger partial charge >= 0.3 is 0 Å². The quantitative estimate of drug-likeness (QED) is 0.854. The van der Waals surface area contributed by atoms with Gasteiger partial charge in [0, 0.05) is 16.8 Å². The van der Waals surface area contributed by atoms with Gasteiger partial charge in [0.2, 0.25) is 0 Å². The molecule has 1 aliphatic carbocycles. The van der Waals surface area contributed by atoms with Gasteiger partial charge < -0.3 is 5.32 Å². The molecule has 1 heterocycles. The van der Waals surface area contributed by atoms with Crippen LogP contribution in [-0.2, 0) is 0 Å². The maximum atomic E-state index is 11.8. The van der Waals surface area contributed by atoms with Crippen LogP contribution in [0.15, 0.2) is 35.2 Å². The summed E-state index contributed by atoms with van der Waals surface area (Å²) in [4.78, 5) is 12.9. The topological polar surface area (TPSA) is 29.1 Å². The summed E-state index contributed by atoms with van der Waals surface area (Å²) in [7, 11) is 0. The first-order valence-corrected chi connectivity index (χ1v) is 6.31. The Balaban J connectivity index is 1.88. The van der Waals surface area contributed by atoms with Gasteiger partial charge in [-0.05, 0) is 25.8 Å². The lowest BCUT2D eigenvalue weighted by Gasteiger charge is -2.09. The Labute approximate surface area is 99.7 Å². The van der Waals surface area contributed by atoms with Crippen LogP contribution < -0.4 is 5.32 Å². The Kier molecular flexibility index (Phi) is 3.57. The van der Waals surface area contributed by atoms with E-state index in [2.05, 4.69) is 23.5 Å². The molecular weight excluding hydrogens is 218 g/mol. The highest BCUT2D eigenvalue weighted by molar-refractivity contribution is 7.10. The summed E-state index contributed by atoms with van der Waals surface area (Å²) in [5, 5.41) is 4.85. The van der Waals surface area contributed by atoms with Crippen molar-refractivity contribution in [3.8, 4) is 0 Å². The molecule has 0 spiro atoms. The van der Waals surface area contributed by atoms with Crippen LogP contribution in [0.25, 0.3) is 0 Å². The van der Waals surface area contributed by atoms with Crippen LogP contribution >= 0.6 is 11.3 Å². The van der Waals surface area contributed by atoms with Crippen LogP contribution in [0.1, 0.15) is 28.1 Å². The minimum atomic E-state index is 0.0276. The van der Waals surface area contributed by atoms with Crippen molar-refractivity contribution in [3.63, 3.8) is 0 Å². The SMILES string of the molecule is Cc1cc(C(=O)NCC2=CC=CCC2)cs1. The van der Waals surface area contributed by atoms with Crippen molar-refractivity contribution in [2.45, 2.75) is 19.8 Å². The van der Waals surface area contributed by atoms with Gasteiger partial charge in [0.1, 0.15) is 0 Å². The number of nitrogens with one attached hydrogen (secondary N) is 1. The monoisotopic (exact) mass is 233 g/mol. The van der Waals surface area contributed by atoms with Crippen molar-refractivity contribution >= 4 is 17.2 Å². The Bertz CT molecular complexity index is 443. The van der Waals surface area contributed by atoms with Crippen LogP contribution in [-0.4, -0.2) is 12.5 Å². The zero-order chi connectivity index (χ0) is 11.4. The Hall–Kier alpha value is -1.35. The number of rotatable bonds is 3. The molecule has 2 nitrogen and oxygen atoms in total. The molecule has 2 rings (SSSR count). The number of carbonyl (C=O) groups excluding carboxylic acids is 1. The van der Waals surface area contributed by atoms with Gasteiger partial charge in [0.05, 0.1) is 5.56 Å². The van der Waals surface area contributed by atoms with Crippen molar-refractivity contribution < 1.29 is 4.79 Å². The Morgan fingerprint density at radius 1 is 1.56 bits per heavy atom. The Morgan fingerprint density at radius 2 is 2.44 bits per heavy atom. The maximum Gasteiger partial charge on any atom is 0.252 e. The fourth-order valence-corrected chi connectivity index (χ4v) is 2.34. The van der Waals surface area contributed by atoms with E-state index in [0.29, 0.717) is 6.54 Å². The number of aryl methyl sites for hydroxylation is 1. The highest BCUT2D eigenvalue weighted by atomic mass is 32.1. The summed E-state index contributed by atoms with van der Waals surface area (Å²) >= 11 is 1.61. The van der Waals surface area contributed by atoms with Crippen molar-refractivity contribution in [2.75, 3.05) is 6.54 Å². The van der Waals surface area contributed by atoms with Gasteiger partial charge in [-0.15, -0.1) is 11.3 Å². The number of hydrogen-bond donors (Lipinski definition) is 1. The number of amides is 1. The average molecular weight is 233 g/mol. The molecule has 0 radical (unpaired) electrons. The summed E-state index contributed by atoms with van der Waals surface area (Å²) in [6, 6.07) is 1.93. The zero-order valence-corrected chi connectivity index (χ0v) is 10.1. The van der Waals surface area contributed by atoms with Gasteiger partial charge in [-0.2, -0.15) is 0 Å². The van der Waals surface area contributed by atoms with Crippen molar-refractivity contribution in [1.82, 2.24) is 5.32 Å². The molecule has 84 valence electrons. The van der Waals surface area contributed by atoms with Crippen molar-refractivity contribution in [1.29, 1.82) is 0 Å². The van der Waals surface area contributed by atoms with E-state index in [0.717, 1.165) is 18.4 Å². The second-order valence-corrected chi connectivity index (χ2v) is 5.04. The standard InChI is InChI=1S/C13H15NOS/c1-10-7-12(9-16-10)13(15)14-8-11-5-3-2-4-6-11/h2-3,5,7,9H,4,6,8H2,1H3,(H,14,15). The van der Waals surface area contributed by atoms with Crippen LogP contribution in [0.2, 0.25) is 0 Å². The smallest absolute Gasteiger partial charge is 0.252 e. The fourth-order valence-electron chi connectivity index (χ4n) is 1.66. The maximum absolute atomic E-state index is 11.8. The molecule has 1 N–H and O–H groups in total. The molecule has 3 heteroatoms. The largest absolute Gasteiger partial charge is 0.348 e. The van der Waals surface area contributed by atoms with E-state index in [1.54, 1.807) is 11.3 Å². The third kappa shape index (κ3) is 2.83. The third-order valence-electron chi connectivity index (χ3n) is 2.57. The van der Waals surface area contributed by atoms with Gasteiger partial charge in [0.15, 0.2) is 0 Å². The predicted octanol–water partition coefficient (Wildman–Crippen LogP) is 3.06. The lowest BCUT2D eigenvalue weighted by atomic mass is 10.1. The summed E-state index contributed by atoms with van der Waals surface area (Å²) < 4.78 is 0. The van der Waals surface area contributed by atoms with Gasteiger partial charge in [-0.1, -0.05) is 23.8 Å². The molecule has 1 aliphatic rings. The van der Waals surface area contributed by atoms with E-state index in [9.17, 15) is 4.79 Å². The van der Waals surface area contributed by atoms with Gasteiger partial charge in [0.25, 0.3) is 5.91 Å². The molecule has 1 aromatic rings. The van der Waals surface area contributed by atoms with E-state index in [-0.39, 0.29) is 5.91 Å². The van der Waals surface area contributed by atoms with E-state index >= 15 is 0 Å². The summed E-state index contributed by atoms with van der Waals surface area (Å²) in [5.41, 5.74) is 2.07. The first-order chi connectivity index (χ1) is 7.75. The van der Waals surface area contributed by atoms with Crippen LogP contribution in [0.4, 0.5) is 0 Å². The van der Waals surface area contributed by atoms with E-state index in [4.69, 9.17) is 0 Å². The fraction of sp³-hybridized carbons (Fsp3) is 0.308. The molecule has 0 aliphatic heterocycles. The molecule has 0 saturated carbocycles. The molecule has 1 aromatic heterocycles. The molecule has 1 amide bonds. The molecule has 16 heavy (non-hydrogen) atoms. The summed E-state index contributed by atoms with van der Waals surface area (Å²) in [6.07, 6.45) is 8.43. The minimum absolute atomic E-state index is 0.0276. The molecule has 0 saturated heterocycles. The highest BCUT2D eigenvalue weighted by Crippen LogP contribution is 2.14. The normalized spacial score (nSPS) is 14.7.